The summed E-state index contributed by atoms with van der Waals surface area (Å²) in [7, 11) is 0. The van der Waals surface area contributed by atoms with Gasteiger partial charge in [0.2, 0.25) is 0 Å². The molecule has 0 amide bonds. The molecule has 1 atom stereocenters. The second-order valence-electron chi connectivity index (χ2n) is 5.02. The van der Waals surface area contributed by atoms with Gasteiger partial charge >= 0.3 is 0 Å². The summed E-state index contributed by atoms with van der Waals surface area (Å²) in [6, 6.07) is 8.01. The van der Waals surface area contributed by atoms with Gasteiger partial charge < -0.3 is 15.2 Å². The van der Waals surface area contributed by atoms with Crippen LogP contribution in [0.25, 0.3) is 0 Å². The minimum atomic E-state index is -0.464. The molecule has 102 valence electrons. The minimum Gasteiger partial charge on any atom is -0.491 e. The number of rotatable bonds is 8. The number of benzene rings is 1. The van der Waals surface area contributed by atoms with Gasteiger partial charge in [0.1, 0.15) is 18.5 Å². The van der Waals surface area contributed by atoms with Crippen LogP contribution in [-0.4, -0.2) is 30.9 Å². The van der Waals surface area contributed by atoms with E-state index in [0.29, 0.717) is 19.1 Å². The van der Waals surface area contributed by atoms with Crippen molar-refractivity contribution in [1.82, 2.24) is 5.32 Å². The van der Waals surface area contributed by atoms with Crippen molar-refractivity contribution in [3.8, 4) is 5.75 Å². The van der Waals surface area contributed by atoms with Gasteiger partial charge in [0.25, 0.3) is 0 Å². The smallest absolute Gasteiger partial charge is 0.119 e. The van der Waals surface area contributed by atoms with E-state index in [-0.39, 0.29) is 0 Å². The molecule has 0 fully saturated rings. The van der Waals surface area contributed by atoms with E-state index < -0.39 is 6.10 Å². The Kier molecular flexibility index (Phi) is 6.76. The zero-order valence-corrected chi connectivity index (χ0v) is 11.6. The van der Waals surface area contributed by atoms with Crippen LogP contribution in [0.4, 0.5) is 0 Å². The molecule has 0 radical (unpaired) electrons. The van der Waals surface area contributed by atoms with Gasteiger partial charge in [0.15, 0.2) is 0 Å². The summed E-state index contributed by atoms with van der Waals surface area (Å²) < 4.78 is 5.58. The van der Waals surface area contributed by atoms with Gasteiger partial charge in [-0.3, -0.25) is 0 Å². The molecular formula is C15H25NO2. The summed E-state index contributed by atoms with van der Waals surface area (Å²) in [5.41, 5.74) is 1.25. The summed E-state index contributed by atoms with van der Waals surface area (Å²) in [5, 5.41) is 13.0. The summed E-state index contributed by atoms with van der Waals surface area (Å²) in [4.78, 5) is 0. The lowest BCUT2D eigenvalue weighted by atomic mass is 10.2. The average Bonchev–Trinajstić information content (AvgIpc) is 2.36. The Labute approximate surface area is 110 Å². The Hall–Kier alpha value is -1.06. The van der Waals surface area contributed by atoms with Crippen LogP contribution in [0.15, 0.2) is 24.3 Å². The molecule has 0 aliphatic heterocycles. The van der Waals surface area contributed by atoms with E-state index in [2.05, 4.69) is 32.2 Å². The van der Waals surface area contributed by atoms with Crippen LogP contribution >= 0.6 is 0 Å². The van der Waals surface area contributed by atoms with Gasteiger partial charge in [0, 0.05) is 6.54 Å². The van der Waals surface area contributed by atoms with Crippen LogP contribution in [0, 0.1) is 5.92 Å². The Balaban J connectivity index is 2.26. The molecule has 0 spiro atoms. The largest absolute Gasteiger partial charge is 0.491 e. The average molecular weight is 251 g/mol. The predicted octanol–water partition coefficient (Wildman–Crippen LogP) is 2.23. The topological polar surface area (TPSA) is 41.5 Å². The van der Waals surface area contributed by atoms with Crippen molar-refractivity contribution in [1.29, 1.82) is 0 Å². The van der Waals surface area contributed by atoms with Gasteiger partial charge in [-0.1, -0.05) is 32.9 Å². The highest BCUT2D eigenvalue weighted by molar-refractivity contribution is 5.28. The van der Waals surface area contributed by atoms with Crippen LogP contribution in [-0.2, 0) is 6.42 Å². The second-order valence-corrected chi connectivity index (χ2v) is 5.02. The van der Waals surface area contributed by atoms with Crippen molar-refractivity contribution in [2.24, 2.45) is 5.92 Å². The number of aryl methyl sites for hydroxylation is 1. The summed E-state index contributed by atoms with van der Waals surface area (Å²) >= 11 is 0. The molecule has 0 bridgehead atoms. The van der Waals surface area contributed by atoms with Crippen molar-refractivity contribution in [3.05, 3.63) is 29.8 Å². The number of hydrogen-bond acceptors (Lipinski definition) is 3. The fourth-order valence-electron chi connectivity index (χ4n) is 1.65. The van der Waals surface area contributed by atoms with E-state index in [1.165, 1.54) is 5.56 Å². The second kappa shape index (κ2) is 8.11. The lowest BCUT2D eigenvalue weighted by molar-refractivity contribution is 0.106. The van der Waals surface area contributed by atoms with Gasteiger partial charge in [-0.15, -0.1) is 0 Å². The van der Waals surface area contributed by atoms with E-state index in [1.54, 1.807) is 0 Å². The van der Waals surface area contributed by atoms with Crippen molar-refractivity contribution in [2.45, 2.75) is 33.3 Å². The maximum absolute atomic E-state index is 9.76. The van der Waals surface area contributed by atoms with Crippen LogP contribution in [0.3, 0.4) is 0 Å². The van der Waals surface area contributed by atoms with E-state index in [0.717, 1.165) is 18.7 Å². The van der Waals surface area contributed by atoms with Crippen molar-refractivity contribution >= 4 is 0 Å². The standard InChI is InChI=1S/C15H25NO2/c1-4-13-6-5-7-15(8-13)18-11-14(17)10-16-9-12(2)3/h5-8,12,14,16-17H,4,9-11H2,1-3H3. The third kappa shape index (κ3) is 6.03. The van der Waals surface area contributed by atoms with Gasteiger partial charge in [-0.25, -0.2) is 0 Å². The van der Waals surface area contributed by atoms with E-state index in [9.17, 15) is 5.11 Å². The highest BCUT2D eigenvalue weighted by atomic mass is 16.5. The minimum absolute atomic E-state index is 0.332. The molecular weight excluding hydrogens is 226 g/mol. The zero-order valence-electron chi connectivity index (χ0n) is 11.6. The number of aliphatic hydroxyl groups excluding tert-OH is 1. The molecule has 0 saturated carbocycles. The first kappa shape index (κ1) is 15.0. The highest BCUT2D eigenvalue weighted by Crippen LogP contribution is 2.13. The first-order valence-electron chi connectivity index (χ1n) is 6.72. The Morgan fingerprint density at radius 1 is 1.28 bits per heavy atom. The Morgan fingerprint density at radius 3 is 2.72 bits per heavy atom. The maximum Gasteiger partial charge on any atom is 0.119 e. The van der Waals surface area contributed by atoms with E-state index in [1.807, 2.05) is 18.2 Å². The fraction of sp³-hybridized carbons (Fsp3) is 0.600. The number of ether oxygens (including phenoxy) is 1. The first-order chi connectivity index (χ1) is 8.61. The molecule has 18 heavy (non-hydrogen) atoms. The molecule has 0 heterocycles. The van der Waals surface area contributed by atoms with Crippen molar-refractivity contribution in [2.75, 3.05) is 19.7 Å². The number of aliphatic hydroxyl groups is 1. The monoisotopic (exact) mass is 251 g/mol. The maximum atomic E-state index is 9.76. The number of hydrogen-bond donors (Lipinski definition) is 2. The summed E-state index contributed by atoms with van der Waals surface area (Å²) in [6.45, 7) is 8.23. The zero-order chi connectivity index (χ0) is 13.4. The third-order valence-corrected chi connectivity index (χ3v) is 2.68. The van der Waals surface area contributed by atoms with E-state index >= 15 is 0 Å². The molecule has 3 nitrogen and oxygen atoms in total. The fourth-order valence-corrected chi connectivity index (χ4v) is 1.65. The first-order valence-corrected chi connectivity index (χ1v) is 6.72. The Morgan fingerprint density at radius 2 is 2.06 bits per heavy atom. The highest BCUT2D eigenvalue weighted by Gasteiger charge is 2.05. The molecule has 2 N–H and O–H groups in total. The molecule has 0 aromatic heterocycles. The predicted molar refractivity (Wildman–Crippen MR) is 75.0 cm³/mol. The lowest BCUT2D eigenvalue weighted by Crippen LogP contribution is -2.33. The lowest BCUT2D eigenvalue weighted by Gasteiger charge is -2.14. The Bertz CT molecular complexity index is 339. The molecule has 0 aliphatic carbocycles. The molecule has 3 heteroatoms. The van der Waals surface area contributed by atoms with Crippen LogP contribution in [0.1, 0.15) is 26.3 Å². The SMILES string of the molecule is CCc1cccc(OCC(O)CNCC(C)C)c1. The van der Waals surface area contributed by atoms with Crippen LogP contribution < -0.4 is 10.1 Å². The molecule has 1 rings (SSSR count). The molecule has 1 unspecified atom stereocenters. The third-order valence-electron chi connectivity index (χ3n) is 2.68. The van der Waals surface area contributed by atoms with Gasteiger partial charge in [0.05, 0.1) is 0 Å². The van der Waals surface area contributed by atoms with Crippen molar-refractivity contribution < 1.29 is 9.84 Å². The quantitative estimate of drug-likeness (QED) is 0.744. The van der Waals surface area contributed by atoms with Gasteiger partial charge in [-0.2, -0.15) is 0 Å². The van der Waals surface area contributed by atoms with Crippen LogP contribution in [0.2, 0.25) is 0 Å². The molecule has 1 aromatic carbocycles. The molecule has 0 aliphatic rings. The van der Waals surface area contributed by atoms with Gasteiger partial charge in [-0.05, 0) is 36.6 Å². The number of nitrogens with one attached hydrogen (secondary N) is 1. The van der Waals surface area contributed by atoms with E-state index in [4.69, 9.17) is 4.74 Å². The normalized spacial score (nSPS) is 12.7. The summed E-state index contributed by atoms with van der Waals surface area (Å²) in [5.74, 6) is 1.43. The van der Waals surface area contributed by atoms with Crippen molar-refractivity contribution in [3.63, 3.8) is 0 Å². The molecule has 1 aromatic rings. The molecule has 0 saturated heterocycles. The van der Waals surface area contributed by atoms with Crippen LogP contribution in [0.5, 0.6) is 5.75 Å². The summed E-state index contributed by atoms with van der Waals surface area (Å²) in [6.07, 6.45) is 0.532.